The van der Waals surface area contributed by atoms with Gasteiger partial charge in [-0.1, -0.05) is 0 Å². The minimum atomic E-state index is 0.667. The average molecular weight is 189 g/mol. The van der Waals surface area contributed by atoms with Crippen molar-refractivity contribution in [3.05, 3.63) is 36.7 Å². The lowest BCUT2D eigenvalue weighted by atomic mass is 10.4. The van der Waals surface area contributed by atoms with E-state index in [1.807, 2.05) is 19.2 Å². The maximum Gasteiger partial charge on any atom is 0.145 e. The van der Waals surface area contributed by atoms with Crippen molar-refractivity contribution in [2.75, 3.05) is 5.32 Å². The van der Waals surface area contributed by atoms with Crippen molar-refractivity contribution in [2.45, 2.75) is 6.54 Å². The third kappa shape index (κ3) is 1.87. The number of anilines is 1. The highest BCUT2D eigenvalue weighted by atomic mass is 15.3. The van der Waals surface area contributed by atoms with Gasteiger partial charge in [-0.2, -0.15) is 5.10 Å². The largest absolute Gasteiger partial charge is 0.378 e. The van der Waals surface area contributed by atoms with Crippen molar-refractivity contribution < 1.29 is 0 Å². The van der Waals surface area contributed by atoms with E-state index in [2.05, 4.69) is 20.4 Å². The summed E-state index contributed by atoms with van der Waals surface area (Å²) in [5.41, 5.74) is 1.03. The standard InChI is InChI=1S/C9H11N5/c1-14-9(12-7-13-14)6-11-8-2-4-10-5-3-8/h2-5,7H,6H2,1H3,(H,10,11). The van der Waals surface area contributed by atoms with E-state index in [9.17, 15) is 0 Å². The van der Waals surface area contributed by atoms with Gasteiger partial charge in [0.05, 0.1) is 6.54 Å². The van der Waals surface area contributed by atoms with Gasteiger partial charge < -0.3 is 5.32 Å². The van der Waals surface area contributed by atoms with E-state index >= 15 is 0 Å². The summed E-state index contributed by atoms with van der Waals surface area (Å²) >= 11 is 0. The highest BCUT2D eigenvalue weighted by molar-refractivity contribution is 5.40. The van der Waals surface area contributed by atoms with Crippen molar-refractivity contribution in [3.63, 3.8) is 0 Å². The Hall–Kier alpha value is -1.91. The van der Waals surface area contributed by atoms with E-state index in [0.29, 0.717) is 6.54 Å². The van der Waals surface area contributed by atoms with E-state index in [0.717, 1.165) is 11.5 Å². The molecule has 5 nitrogen and oxygen atoms in total. The molecule has 0 bridgehead atoms. The Bertz CT molecular complexity index is 395. The second kappa shape index (κ2) is 3.87. The van der Waals surface area contributed by atoms with Crippen LogP contribution in [0, 0.1) is 0 Å². The summed E-state index contributed by atoms with van der Waals surface area (Å²) in [6.07, 6.45) is 5.04. The SMILES string of the molecule is Cn1ncnc1CNc1ccncc1. The molecule has 0 atom stereocenters. The molecule has 0 unspecified atom stereocenters. The molecule has 0 radical (unpaired) electrons. The fourth-order valence-corrected chi connectivity index (χ4v) is 1.13. The van der Waals surface area contributed by atoms with Crippen molar-refractivity contribution >= 4 is 5.69 Å². The molecule has 0 aromatic carbocycles. The minimum absolute atomic E-state index is 0.667. The number of hydrogen-bond acceptors (Lipinski definition) is 4. The van der Waals surface area contributed by atoms with E-state index in [4.69, 9.17) is 0 Å². The summed E-state index contributed by atoms with van der Waals surface area (Å²) in [6.45, 7) is 0.667. The van der Waals surface area contributed by atoms with Gasteiger partial charge in [0.25, 0.3) is 0 Å². The monoisotopic (exact) mass is 189 g/mol. The normalized spacial score (nSPS) is 10.1. The predicted octanol–water partition coefficient (Wildman–Crippen LogP) is 0.822. The number of nitrogens with one attached hydrogen (secondary N) is 1. The molecule has 2 rings (SSSR count). The summed E-state index contributed by atoms with van der Waals surface area (Å²) in [5, 5.41) is 7.21. The van der Waals surface area contributed by atoms with Gasteiger partial charge in [-0.25, -0.2) is 4.98 Å². The first kappa shape index (κ1) is 8.68. The second-order valence-corrected chi connectivity index (χ2v) is 2.89. The van der Waals surface area contributed by atoms with Crippen LogP contribution in [-0.4, -0.2) is 19.7 Å². The lowest BCUT2D eigenvalue weighted by Gasteiger charge is -2.04. The van der Waals surface area contributed by atoms with Crippen LogP contribution >= 0.6 is 0 Å². The number of aryl methyl sites for hydroxylation is 1. The first-order valence-electron chi connectivity index (χ1n) is 4.33. The van der Waals surface area contributed by atoms with E-state index < -0.39 is 0 Å². The zero-order chi connectivity index (χ0) is 9.80. The van der Waals surface area contributed by atoms with Gasteiger partial charge >= 0.3 is 0 Å². The Morgan fingerprint density at radius 1 is 1.36 bits per heavy atom. The van der Waals surface area contributed by atoms with Crippen LogP contribution in [0.4, 0.5) is 5.69 Å². The molecule has 0 spiro atoms. The molecule has 0 saturated carbocycles. The van der Waals surface area contributed by atoms with Gasteiger partial charge in [-0.15, -0.1) is 0 Å². The van der Waals surface area contributed by atoms with Gasteiger partial charge in [0.1, 0.15) is 12.2 Å². The van der Waals surface area contributed by atoms with Gasteiger partial charge in [-0.05, 0) is 12.1 Å². The Morgan fingerprint density at radius 3 is 2.79 bits per heavy atom. The molecule has 0 aliphatic carbocycles. The maximum atomic E-state index is 4.10. The van der Waals surface area contributed by atoms with Crippen LogP contribution < -0.4 is 5.32 Å². The molecule has 5 heteroatoms. The van der Waals surface area contributed by atoms with Crippen LogP contribution in [0.5, 0.6) is 0 Å². The molecule has 0 aliphatic heterocycles. The molecular formula is C9H11N5. The zero-order valence-corrected chi connectivity index (χ0v) is 7.88. The highest BCUT2D eigenvalue weighted by Crippen LogP contribution is 2.04. The second-order valence-electron chi connectivity index (χ2n) is 2.89. The van der Waals surface area contributed by atoms with Crippen molar-refractivity contribution in [1.29, 1.82) is 0 Å². The smallest absolute Gasteiger partial charge is 0.145 e. The molecule has 0 saturated heterocycles. The van der Waals surface area contributed by atoms with E-state index in [-0.39, 0.29) is 0 Å². The third-order valence-electron chi connectivity index (χ3n) is 1.94. The average Bonchev–Trinajstić information content (AvgIpc) is 2.63. The molecule has 2 aromatic rings. The molecule has 0 amide bonds. The predicted molar refractivity (Wildman–Crippen MR) is 52.6 cm³/mol. The van der Waals surface area contributed by atoms with Gasteiger partial charge in [-0.3, -0.25) is 9.67 Å². The minimum Gasteiger partial charge on any atom is -0.378 e. The fourth-order valence-electron chi connectivity index (χ4n) is 1.13. The highest BCUT2D eigenvalue weighted by Gasteiger charge is 1.98. The first-order valence-corrected chi connectivity index (χ1v) is 4.33. The number of pyridine rings is 1. The zero-order valence-electron chi connectivity index (χ0n) is 7.88. The molecule has 1 N–H and O–H groups in total. The Kier molecular flexibility index (Phi) is 2.40. The molecule has 2 aromatic heterocycles. The summed E-state index contributed by atoms with van der Waals surface area (Å²) in [4.78, 5) is 8.04. The number of rotatable bonds is 3. The van der Waals surface area contributed by atoms with Crippen LogP contribution in [-0.2, 0) is 13.6 Å². The van der Waals surface area contributed by atoms with Crippen molar-refractivity contribution in [2.24, 2.45) is 7.05 Å². The van der Waals surface area contributed by atoms with Crippen LogP contribution in [0.2, 0.25) is 0 Å². The molecule has 0 fully saturated rings. The van der Waals surface area contributed by atoms with Crippen LogP contribution in [0.3, 0.4) is 0 Å². The van der Waals surface area contributed by atoms with E-state index in [1.54, 1.807) is 23.4 Å². The number of hydrogen-bond donors (Lipinski definition) is 1. The molecule has 0 aliphatic rings. The summed E-state index contributed by atoms with van der Waals surface area (Å²) in [6, 6.07) is 3.83. The lowest BCUT2D eigenvalue weighted by molar-refractivity contribution is 0.712. The van der Waals surface area contributed by atoms with Crippen molar-refractivity contribution in [3.8, 4) is 0 Å². The number of aromatic nitrogens is 4. The topological polar surface area (TPSA) is 55.6 Å². The summed E-state index contributed by atoms with van der Waals surface area (Å²) in [7, 11) is 1.87. The Morgan fingerprint density at radius 2 is 2.14 bits per heavy atom. The fraction of sp³-hybridized carbons (Fsp3) is 0.222. The first-order chi connectivity index (χ1) is 6.86. The molecule has 14 heavy (non-hydrogen) atoms. The molecular weight excluding hydrogens is 178 g/mol. The Balaban J connectivity index is 1.99. The van der Waals surface area contributed by atoms with Crippen LogP contribution in [0.15, 0.2) is 30.9 Å². The van der Waals surface area contributed by atoms with Crippen LogP contribution in [0.25, 0.3) is 0 Å². The quantitative estimate of drug-likeness (QED) is 0.776. The van der Waals surface area contributed by atoms with Crippen molar-refractivity contribution in [1.82, 2.24) is 19.7 Å². The van der Waals surface area contributed by atoms with Gasteiger partial charge in [0.2, 0.25) is 0 Å². The Labute approximate surface area is 81.8 Å². The molecule has 2 heterocycles. The molecule has 72 valence electrons. The maximum absolute atomic E-state index is 4.10. The van der Waals surface area contributed by atoms with Gasteiger partial charge in [0, 0.05) is 25.1 Å². The lowest BCUT2D eigenvalue weighted by Crippen LogP contribution is -2.06. The summed E-state index contributed by atoms with van der Waals surface area (Å²) < 4.78 is 1.74. The number of nitrogens with zero attached hydrogens (tertiary/aromatic N) is 4. The van der Waals surface area contributed by atoms with E-state index in [1.165, 1.54) is 0 Å². The third-order valence-corrected chi connectivity index (χ3v) is 1.94. The summed E-state index contributed by atoms with van der Waals surface area (Å²) in [5.74, 6) is 0.904. The van der Waals surface area contributed by atoms with Crippen LogP contribution in [0.1, 0.15) is 5.82 Å². The van der Waals surface area contributed by atoms with Gasteiger partial charge in [0.15, 0.2) is 0 Å².